The van der Waals surface area contributed by atoms with Gasteiger partial charge in [0.1, 0.15) is 5.60 Å². The number of ether oxygens (including phenoxy) is 1. The van der Waals surface area contributed by atoms with Crippen molar-refractivity contribution < 1.29 is 9.53 Å². The van der Waals surface area contributed by atoms with Crippen LogP contribution in [0.25, 0.3) is 0 Å². The number of anilines is 2. The van der Waals surface area contributed by atoms with Gasteiger partial charge in [0.2, 0.25) is 0 Å². The van der Waals surface area contributed by atoms with Crippen molar-refractivity contribution in [3.05, 3.63) is 24.3 Å². The molecule has 0 aromatic heterocycles. The molecule has 6 heteroatoms. The number of rotatable bonds is 3. The molecule has 0 bridgehead atoms. The summed E-state index contributed by atoms with van der Waals surface area (Å²) in [5, 5.41) is 0. The zero-order valence-corrected chi connectivity index (χ0v) is 10.2. The van der Waals surface area contributed by atoms with Crippen LogP contribution in [0.2, 0.25) is 0 Å². The summed E-state index contributed by atoms with van der Waals surface area (Å²) in [5.74, 6) is 5.32. The number of para-hydroxylation sites is 2. The number of hydrogen-bond acceptors (Lipinski definition) is 5. The standard InChI is InChI=1S/C11H18N4O2/c1-11(2,3)17-10(16)15-14-9-7-5-4-6-8(9)13-12/h4-7,13-14H,12H2,1-3H3,(H,15,16). The van der Waals surface area contributed by atoms with Crippen LogP contribution in [0.5, 0.6) is 0 Å². The maximum Gasteiger partial charge on any atom is 0.426 e. The largest absolute Gasteiger partial charge is 0.443 e. The molecule has 5 N–H and O–H groups in total. The van der Waals surface area contributed by atoms with Crippen molar-refractivity contribution in [3.63, 3.8) is 0 Å². The Balaban J connectivity index is 2.53. The first kappa shape index (κ1) is 13.1. The molecule has 6 nitrogen and oxygen atoms in total. The van der Waals surface area contributed by atoms with E-state index in [1.807, 2.05) is 12.1 Å². The van der Waals surface area contributed by atoms with E-state index in [1.165, 1.54) is 0 Å². The van der Waals surface area contributed by atoms with Gasteiger partial charge in [0.25, 0.3) is 0 Å². The molecule has 0 spiro atoms. The zero-order valence-electron chi connectivity index (χ0n) is 10.2. The van der Waals surface area contributed by atoms with Gasteiger partial charge in [0, 0.05) is 0 Å². The highest BCUT2D eigenvalue weighted by molar-refractivity contribution is 5.73. The van der Waals surface area contributed by atoms with Crippen molar-refractivity contribution in [2.75, 3.05) is 10.9 Å². The molecule has 1 amide bonds. The molecular formula is C11H18N4O2. The van der Waals surface area contributed by atoms with Crippen LogP contribution in [-0.4, -0.2) is 11.7 Å². The number of carbonyl (C=O) groups is 1. The Morgan fingerprint density at radius 1 is 1.24 bits per heavy atom. The number of nitrogens with two attached hydrogens (primary N) is 1. The average Bonchev–Trinajstić information content (AvgIpc) is 2.24. The molecule has 0 heterocycles. The summed E-state index contributed by atoms with van der Waals surface area (Å²) in [7, 11) is 0. The number of carbonyl (C=O) groups excluding carboxylic acids is 1. The first-order valence-electron chi connectivity index (χ1n) is 5.23. The van der Waals surface area contributed by atoms with Crippen molar-refractivity contribution in [2.24, 2.45) is 5.84 Å². The van der Waals surface area contributed by atoms with Crippen LogP contribution >= 0.6 is 0 Å². The number of benzene rings is 1. The summed E-state index contributed by atoms with van der Waals surface area (Å²) < 4.78 is 5.07. The van der Waals surface area contributed by atoms with E-state index in [-0.39, 0.29) is 0 Å². The lowest BCUT2D eigenvalue weighted by Crippen LogP contribution is -2.36. The van der Waals surface area contributed by atoms with Gasteiger partial charge in [-0.2, -0.15) is 0 Å². The van der Waals surface area contributed by atoms with Gasteiger partial charge in [-0.05, 0) is 32.9 Å². The molecule has 0 unspecified atom stereocenters. The van der Waals surface area contributed by atoms with Crippen molar-refractivity contribution in [1.82, 2.24) is 5.43 Å². The van der Waals surface area contributed by atoms with E-state index in [2.05, 4.69) is 16.3 Å². The molecule has 94 valence electrons. The lowest BCUT2D eigenvalue weighted by Gasteiger charge is -2.20. The molecule has 0 aliphatic carbocycles. The van der Waals surface area contributed by atoms with E-state index in [9.17, 15) is 4.79 Å². The highest BCUT2D eigenvalue weighted by Crippen LogP contribution is 2.18. The van der Waals surface area contributed by atoms with Crippen LogP contribution in [0.4, 0.5) is 16.2 Å². The molecule has 0 saturated heterocycles. The summed E-state index contributed by atoms with van der Waals surface area (Å²) in [4.78, 5) is 11.4. The first-order valence-corrected chi connectivity index (χ1v) is 5.23. The van der Waals surface area contributed by atoms with Crippen LogP contribution < -0.4 is 22.1 Å². The summed E-state index contributed by atoms with van der Waals surface area (Å²) in [6.45, 7) is 5.38. The van der Waals surface area contributed by atoms with E-state index in [4.69, 9.17) is 10.6 Å². The third-order valence-electron chi connectivity index (χ3n) is 1.78. The van der Waals surface area contributed by atoms with Crippen LogP contribution in [0.3, 0.4) is 0 Å². The van der Waals surface area contributed by atoms with E-state index in [0.29, 0.717) is 11.4 Å². The predicted molar refractivity (Wildman–Crippen MR) is 67.2 cm³/mol. The lowest BCUT2D eigenvalue weighted by atomic mass is 10.2. The van der Waals surface area contributed by atoms with Crippen LogP contribution in [0.1, 0.15) is 20.8 Å². The fraction of sp³-hybridized carbons (Fsp3) is 0.364. The topological polar surface area (TPSA) is 88.4 Å². The predicted octanol–water partition coefficient (Wildman–Crippen LogP) is 1.82. The van der Waals surface area contributed by atoms with Crippen LogP contribution in [0, 0.1) is 0 Å². The Hall–Kier alpha value is -1.95. The van der Waals surface area contributed by atoms with Gasteiger partial charge in [0.15, 0.2) is 0 Å². The summed E-state index contributed by atoms with van der Waals surface area (Å²) in [5.41, 5.74) is 8.45. The Morgan fingerprint density at radius 3 is 2.35 bits per heavy atom. The highest BCUT2D eigenvalue weighted by atomic mass is 16.6. The number of amides is 1. The first-order chi connectivity index (χ1) is 7.92. The van der Waals surface area contributed by atoms with Gasteiger partial charge in [0.05, 0.1) is 11.4 Å². The summed E-state index contributed by atoms with van der Waals surface area (Å²) >= 11 is 0. The summed E-state index contributed by atoms with van der Waals surface area (Å²) in [6, 6.07) is 7.19. The van der Waals surface area contributed by atoms with Gasteiger partial charge < -0.3 is 10.2 Å². The monoisotopic (exact) mass is 238 g/mol. The molecular weight excluding hydrogens is 220 g/mol. The quantitative estimate of drug-likeness (QED) is 0.476. The minimum absolute atomic E-state index is 0.530. The highest BCUT2D eigenvalue weighted by Gasteiger charge is 2.15. The third kappa shape index (κ3) is 4.60. The van der Waals surface area contributed by atoms with Crippen molar-refractivity contribution in [1.29, 1.82) is 0 Å². The lowest BCUT2D eigenvalue weighted by molar-refractivity contribution is 0.0541. The number of nitrogen functional groups attached to an aromatic ring is 1. The molecule has 0 atom stereocenters. The second-order valence-corrected chi connectivity index (χ2v) is 4.44. The molecule has 0 aliphatic rings. The minimum atomic E-state index is -0.552. The fourth-order valence-electron chi connectivity index (χ4n) is 1.14. The molecule has 1 aromatic rings. The Bertz CT molecular complexity index is 387. The molecule has 1 rings (SSSR count). The maximum atomic E-state index is 11.4. The van der Waals surface area contributed by atoms with Gasteiger partial charge in [-0.15, -0.1) is 0 Å². The molecule has 1 aromatic carbocycles. The second-order valence-electron chi connectivity index (χ2n) is 4.44. The number of hydrazine groups is 2. The van der Waals surface area contributed by atoms with E-state index < -0.39 is 11.7 Å². The SMILES string of the molecule is CC(C)(C)OC(=O)NNc1ccccc1NN. The van der Waals surface area contributed by atoms with Gasteiger partial charge in [-0.1, -0.05) is 12.1 Å². The number of nitrogens with one attached hydrogen (secondary N) is 3. The minimum Gasteiger partial charge on any atom is -0.443 e. The normalized spacial score (nSPS) is 10.6. The van der Waals surface area contributed by atoms with Gasteiger partial charge >= 0.3 is 6.09 Å². The maximum absolute atomic E-state index is 11.4. The van der Waals surface area contributed by atoms with E-state index in [1.54, 1.807) is 32.9 Å². The molecule has 17 heavy (non-hydrogen) atoms. The van der Waals surface area contributed by atoms with Gasteiger partial charge in [-0.3, -0.25) is 11.3 Å². The van der Waals surface area contributed by atoms with Crippen molar-refractivity contribution in [3.8, 4) is 0 Å². The van der Waals surface area contributed by atoms with E-state index >= 15 is 0 Å². The fourth-order valence-corrected chi connectivity index (χ4v) is 1.14. The Labute approximate surface area is 100 Å². The zero-order chi connectivity index (χ0) is 12.9. The van der Waals surface area contributed by atoms with E-state index in [0.717, 1.165) is 0 Å². The summed E-state index contributed by atoms with van der Waals surface area (Å²) in [6.07, 6.45) is -0.552. The number of hydrogen-bond donors (Lipinski definition) is 4. The molecule has 0 aliphatic heterocycles. The Kier molecular flexibility index (Phi) is 4.17. The van der Waals surface area contributed by atoms with Crippen molar-refractivity contribution in [2.45, 2.75) is 26.4 Å². The average molecular weight is 238 g/mol. The third-order valence-corrected chi connectivity index (χ3v) is 1.78. The Morgan fingerprint density at radius 2 is 1.82 bits per heavy atom. The molecule has 0 fully saturated rings. The van der Waals surface area contributed by atoms with Crippen molar-refractivity contribution >= 4 is 17.5 Å². The molecule has 0 radical (unpaired) electrons. The second kappa shape index (κ2) is 5.40. The smallest absolute Gasteiger partial charge is 0.426 e. The van der Waals surface area contributed by atoms with Gasteiger partial charge in [-0.25, -0.2) is 10.2 Å². The van der Waals surface area contributed by atoms with Crippen LogP contribution in [0.15, 0.2) is 24.3 Å². The van der Waals surface area contributed by atoms with Crippen LogP contribution in [-0.2, 0) is 4.74 Å². The molecule has 0 saturated carbocycles.